The Bertz CT molecular complexity index is 881. The molecule has 28 heavy (non-hydrogen) atoms. The van der Waals surface area contributed by atoms with Crippen molar-refractivity contribution in [3.8, 4) is 11.5 Å². The van der Waals surface area contributed by atoms with E-state index in [2.05, 4.69) is 0 Å². The van der Waals surface area contributed by atoms with Crippen LogP contribution in [0.15, 0.2) is 53.4 Å². The number of thiocarbonyl (C=S) groups is 1. The van der Waals surface area contributed by atoms with Crippen LogP contribution in [0.3, 0.4) is 0 Å². The lowest BCUT2D eigenvalue weighted by Crippen LogP contribution is -2.28. The SMILES string of the molecule is CCCN1C(=O)/C(=C/c2ccc(OCc3ccccc3)c(OCC)c2)SC1=S. The van der Waals surface area contributed by atoms with E-state index < -0.39 is 0 Å². The van der Waals surface area contributed by atoms with Gasteiger partial charge in [0.15, 0.2) is 11.5 Å². The number of carbonyl (C=O) groups excluding carboxylic acids is 1. The molecule has 1 heterocycles. The van der Waals surface area contributed by atoms with Gasteiger partial charge >= 0.3 is 0 Å². The first-order chi connectivity index (χ1) is 13.6. The van der Waals surface area contributed by atoms with Crippen LogP contribution in [0.25, 0.3) is 6.08 Å². The lowest BCUT2D eigenvalue weighted by Gasteiger charge is -2.13. The van der Waals surface area contributed by atoms with Crippen LogP contribution in [0.2, 0.25) is 0 Å². The van der Waals surface area contributed by atoms with Crippen molar-refractivity contribution >= 4 is 40.3 Å². The second-order valence-corrected chi connectivity index (χ2v) is 7.92. The molecular formula is C22H23NO3S2. The molecule has 0 radical (unpaired) electrons. The lowest BCUT2D eigenvalue weighted by molar-refractivity contribution is -0.122. The van der Waals surface area contributed by atoms with Gasteiger partial charge in [0.25, 0.3) is 5.91 Å². The molecule has 0 saturated carbocycles. The van der Waals surface area contributed by atoms with Gasteiger partial charge in [-0.2, -0.15) is 0 Å². The molecule has 1 saturated heterocycles. The summed E-state index contributed by atoms with van der Waals surface area (Å²) in [7, 11) is 0. The average Bonchev–Trinajstić information content (AvgIpc) is 2.96. The predicted molar refractivity (Wildman–Crippen MR) is 119 cm³/mol. The Labute approximate surface area is 175 Å². The van der Waals surface area contributed by atoms with E-state index in [0.29, 0.717) is 40.5 Å². The highest BCUT2D eigenvalue weighted by Crippen LogP contribution is 2.35. The molecule has 0 unspecified atom stereocenters. The Balaban J connectivity index is 1.78. The quantitative estimate of drug-likeness (QED) is 0.435. The number of carbonyl (C=O) groups is 1. The van der Waals surface area contributed by atoms with Crippen LogP contribution in [0.4, 0.5) is 0 Å². The van der Waals surface area contributed by atoms with Gasteiger partial charge in [-0.3, -0.25) is 9.69 Å². The third-order valence-electron chi connectivity index (χ3n) is 4.12. The van der Waals surface area contributed by atoms with Crippen LogP contribution < -0.4 is 9.47 Å². The normalized spacial score (nSPS) is 15.4. The van der Waals surface area contributed by atoms with Crippen LogP contribution in [0, 0.1) is 0 Å². The summed E-state index contributed by atoms with van der Waals surface area (Å²) in [5.74, 6) is 1.32. The van der Waals surface area contributed by atoms with E-state index in [-0.39, 0.29) is 5.91 Å². The Hall–Kier alpha value is -2.31. The van der Waals surface area contributed by atoms with Gasteiger partial charge in [-0.15, -0.1) is 0 Å². The van der Waals surface area contributed by atoms with Gasteiger partial charge in [-0.1, -0.05) is 67.3 Å². The molecule has 1 fully saturated rings. The van der Waals surface area contributed by atoms with E-state index in [1.54, 1.807) is 4.90 Å². The standard InChI is InChI=1S/C22H23NO3S2/c1-3-12-23-21(24)20(28-22(23)27)14-17-10-11-18(19(13-17)25-4-2)26-15-16-8-6-5-7-9-16/h5-11,13-14H,3-4,12,15H2,1-2H3/b20-14-. The maximum absolute atomic E-state index is 12.5. The topological polar surface area (TPSA) is 38.8 Å². The Kier molecular flexibility index (Phi) is 7.12. The fraction of sp³-hybridized carbons (Fsp3) is 0.273. The minimum atomic E-state index is -0.0285. The second kappa shape index (κ2) is 9.75. The Morgan fingerprint density at radius 3 is 2.57 bits per heavy atom. The molecule has 0 spiro atoms. The zero-order valence-corrected chi connectivity index (χ0v) is 17.6. The summed E-state index contributed by atoms with van der Waals surface area (Å²) in [6.45, 7) is 5.62. The van der Waals surface area contributed by atoms with Crippen molar-refractivity contribution in [3.05, 3.63) is 64.6 Å². The number of ether oxygens (including phenoxy) is 2. The molecule has 2 aromatic carbocycles. The monoisotopic (exact) mass is 413 g/mol. The Morgan fingerprint density at radius 2 is 1.86 bits per heavy atom. The first-order valence-corrected chi connectivity index (χ1v) is 10.5. The molecule has 3 rings (SSSR count). The summed E-state index contributed by atoms with van der Waals surface area (Å²) < 4.78 is 12.3. The molecule has 146 valence electrons. The van der Waals surface area contributed by atoms with Crippen LogP contribution >= 0.6 is 24.0 Å². The van der Waals surface area contributed by atoms with Crippen molar-refractivity contribution in [3.63, 3.8) is 0 Å². The summed E-state index contributed by atoms with van der Waals surface area (Å²) in [5.41, 5.74) is 1.97. The van der Waals surface area contributed by atoms with Gasteiger partial charge in [0, 0.05) is 6.54 Å². The molecular weight excluding hydrogens is 390 g/mol. The van der Waals surface area contributed by atoms with Crippen LogP contribution in [0.1, 0.15) is 31.4 Å². The summed E-state index contributed by atoms with van der Waals surface area (Å²) in [6, 6.07) is 15.7. The molecule has 6 heteroatoms. The summed E-state index contributed by atoms with van der Waals surface area (Å²) in [4.78, 5) is 14.8. The first kappa shape index (κ1) is 20.4. The highest BCUT2D eigenvalue weighted by molar-refractivity contribution is 8.26. The predicted octanol–water partition coefficient (Wildman–Crippen LogP) is 5.28. The number of hydrogen-bond donors (Lipinski definition) is 0. The van der Waals surface area contributed by atoms with Gasteiger partial charge in [-0.25, -0.2) is 0 Å². The van der Waals surface area contributed by atoms with Crippen LogP contribution in [-0.2, 0) is 11.4 Å². The van der Waals surface area contributed by atoms with E-state index in [1.807, 2.05) is 68.5 Å². The van der Waals surface area contributed by atoms with Crippen molar-refractivity contribution in [2.75, 3.05) is 13.2 Å². The molecule has 1 aliphatic rings. The molecule has 1 amide bonds. The molecule has 0 aliphatic carbocycles. The van der Waals surface area contributed by atoms with Crippen molar-refractivity contribution in [1.29, 1.82) is 0 Å². The molecule has 0 atom stereocenters. The van der Waals surface area contributed by atoms with Crippen molar-refractivity contribution in [2.24, 2.45) is 0 Å². The second-order valence-electron chi connectivity index (χ2n) is 6.25. The van der Waals surface area contributed by atoms with Gasteiger partial charge in [0.2, 0.25) is 0 Å². The minimum Gasteiger partial charge on any atom is -0.490 e. The van der Waals surface area contributed by atoms with Crippen LogP contribution in [0.5, 0.6) is 11.5 Å². The number of nitrogens with zero attached hydrogens (tertiary/aromatic N) is 1. The van der Waals surface area contributed by atoms with Gasteiger partial charge < -0.3 is 9.47 Å². The molecule has 4 nitrogen and oxygen atoms in total. The molecule has 0 aromatic heterocycles. The molecule has 2 aromatic rings. The van der Waals surface area contributed by atoms with E-state index in [1.165, 1.54) is 11.8 Å². The summed E-state index contributed by atoms with van der Waals surface area (Å²) in [5, 5.41) is 0. The first-order valence-electron chi connectivity index (χ1n) is 9.31. The third kappa shape index (κ3) is 4.94. The lowest BCUT2D eigenvalue weighted by atomic mass is 10.1. The highest BCUT2D eigenvalue weighted by Gasteiger charge is 2.31. The number of thioether (sulfide) groups is 1. The fourth-order valence-electron chi connectivity index (χ4n) is 2.81. The van der Waals surface area contributed by atoms with E-state index in [9.17, 15) is 4.79 Å². The van der Waals surface area contributed by atoms with Crippen molar-refractivity contribution in [2.45, 2.75) is 26.9 Å². The minimum absolute atomic E-state index is 0.0285. The number of rotatable bonds is 8. The molecule has 1 aliphatic heterocycles. The zero-order chi connectivity index (χ0) is 19.9. The van der Waals surface area contributed by atoms with Crippen LogP contribution in [-0.4, -0.2) is 28.3 Å². The summed E-state index contributed by atoms with van der Waals surface area (Å²) >= 11 is 6.67. The maximum atomic E-state index is 12.5. The third-order valence-corrected chi connectivity index (χ3v) is 5.50. The van der Waals surface area contributed by atoms with Crippen molar-refractivity contribution in [1.82, 2.24) is 4.90 Å². The molecule has 0 N–H and O–H groups in total. The average molecular weight is 414 g/mol. The zero-order valence-electron chi connectivity index (χ0n) is 16.0. The van der Waals surface area contributed by atoms with E-state index in [0.717, 1.165) is 17.5 Å². The van der Waals surface area contributed by atoms with E-state index >= 15 is 0 Å². The van der Waals surface area contributed by atoms with Gasteiger partial charge in [0.1, 0.15) is 10.9 Å². The van der Waals surface area contributed by atoms with Gasteiger partial charge in [0.05, 0.1) is 11.5 Å². The number of benzene rings is 2. The van der Waals surface area contributed by atoms with E-state index in [4.69, 9.17) is 21.7 Å². The number of hydrogen-bond acceptors (Lipinski definition) is 5. The largest absolute Gasteiger partial charge is 0.490 e. The smallest absolute Gasteiger partial charge is 0.266 e. The highest BCUT2D eigenvalue weighted by atomic mass is 32.2. The van der Waals surface area contributed by atoms with Gasteiger partial charge in [-0.05, 0) is 42.7 Å². The van der Waals surface area contributed by atoms with Crippen molar-refractivity contribution < 1.29 is 14.3 Å². The Morgan fingerprint density at radius 1 is 1.07 bits per heavy atom. The number of amides is 1. The fourth-order valence-corrected chi connectivity index (χ4v) is 4.11. The summed E-state index contributed by atoms with van der Waals surface area (Å²) in [6.07, 6.45) is 2.74. The maximum Gasteiger partial charge on any atom is 0.266 e. The molecule has 0 bridgehead atoms.